The van der Waals surface area contributed by atoms with Gasteiger partial charge in [-0.3, -0.25) is 4.57 Å². The number of pyridine rings is 1. The molecule has 0 amide bonds. The third kappa shape index (κ3) is 3.55. The Hall–Kier alpha value is -3.36. The quantitative estimate of drug-likeness (QED) is 0.375. The van der Waals surface area contributed by atoms with Crippen LogP contribution < -0.4 is 0 Å². The maximum atomic E-state index is 12.8. The van der Waals surface area contributed by atoms with Crippen molar-refractivity contribution in [1.29, 1.82) is 0 Å². The molecule has 2 heterocycles. The Bertz CT molecular complexity index is 1160. The molecule has 29 heavy (non-hydrogen) atoms. The van der Waals surface area contributed by atoms with Crippen LogP contribution in [-0.2, 0) is 12.4 Å². The minimum Gasteiger partial charge on any atom is -0.283 e. The molecule has 0 saturated carbocycles. The molecule has 0 N–H and O–H groups in total. The van der Waals surface area contributed by atoms with Crippen LogP contribution in [0.15, 0.2) is 67.1 Å². The molecule has 0 unspecified atom stereocenters. The summed E-state index contributed by atoms with van der Waals surface area (Å²) in [7, 11) is 0. The molecule has 2 aromatic heterocycles. The van der Waals surface area contributed by atoms with Crippen LogP contribution in [0.1, 0.15) is 11.1 Å². The van der Waals surface area contributed by atoms with Crippen molar-refractivity contribution < 1.29 is 26.3 Å². The lowest BCUT2D eigenvalue weighted by Crippen LogP contribution is -2.05. The first-order valence-corrected chi connectivity index (χ1v) is 8.32. The second-order valence-corrected chi connectivity index (χ2v) is 6.27. The highest BCUT2D eigenvalue weighted by atomic mass is 19.4. The Morgan fingerprint density at radius 3 is 1.76 bits per heavy atom. The zero-order valence-corrected chi connectivity index (χ0v) is 14.5. The second kappa shape index (κ2) is 6.61. The van der Waals surface area contributed by atoms with Crippen molar-refractivity contribution in [3.05, 3.63) is 78.2 Å². The Morgan fingerprint density at radius 2 is 1.21 bits per heavy atom. The number of nitrogens with zero attached hydrogens (tertiary/aromatic N) is 3. The number of rotatable bonds is 2. The average Bonchev–Trinajstić information content (AvgIpc) is 3.11. The van der Waals surface area contributed by atoms with Gasteiger partial charge < -0.3 is 0 Å². The van der Waals surface area contributed by atoms with Crippen molar-refractivity contribution in [3.8, 4) is 16.8 Å². The summed E-state index contributed by atoms with van der Waals surface area (Å²) in [5, 5.41) is 0. The molecule has 0 aliphatic heterocycles. The largest absolute Gasteiger partial charge is 0.416 e. The van der Waals surface area contributed by atoms with Gasteiger partial charge >= 0.3 is 12.4 Å². The van der Waals surface area contributed by atoms with Crippen LogP contribution >= 0.6 is 0 Å². The Labute approximate surface area is 160 Å². The molecule has 0 aliphatic carbocycles. The van der Waals surface area contributed by atoms with Crippen LogP contribution in [0.25, 0.3) is 28.0 Å². The lowest BCUT2D eigenvalue weighted by Gasteiger charge is -2.09. The van der Waals surface area contributed by atoms with Crippen molar-refractivity contribution >= 4 is 11.2 Å². The average molecular weight is 407 g/mol. The highest BCUT2D eigenvalue weighted by Gasteiger charge is 2.31. The number of benzene rings is 2. The van der Waals surface area contributed by atoms with Crippen LogP contribution in [0.4, 0.5) is 26.3 Å². The van der Waals surface area contributed by atoms with Gasteiger partial charge in [0.05, 0.1) is 11.1 Å². The van der Waals surface area contributed by atoms with Gasteiger partial charge in [-0.2, -0.15) is 26.3 Å². The third-order valence-electron chi connectivity index (χ3n) is 4.43. The van der Waals surface area contributed by atoms with E-state index in [9.17, 15) is 26.3 Å². The van der Waals surface area contributed by atoms with E-state index < -0.39 is 23.5 Å². The lowest BCUT2D eigenvalue weighted by atomic mass is 10.0. The first kappa shape index (κ1) is 19.0. The highest BCUT2D eigenvalue weighted by molar-refractivity contribution is 5.90. The summed E-state index contributed by atoms with van der Waals surface area (Å²) >= 11 is 0. The minimum atomic E-state index is -4.44. The molecule has 0 aliphatic rings. The van der Waals surface area contributed by atoms with Gasteiger partial charge in [0.2, 0.25) is 0 Å². The fraction of sp³-hybridized carbons (Fsp3) is 0.100. The Morgan fingerprint density at radius 1 is 0.655 bits per heavy atom. The fourth-order valence-electron chi connectivity index (χ4n) is 2.99. The van der Waals surface area contributed by atoms with Crippen molar-refractivity contribution in [3.63, 3.8) is 0 Å². The predicted molar refractivity (Wildman–Crippen MR) is 94.3 cm³/mol. The number of hydrogen-bond donors (Lipinski definition) is 0. The summed E-state index contributed by atoms with van der Waals surface area (Å²) in [6, 6.07) is 10.8. The second-order valence-electron chi connectivity index (χ2n) is 6.27. The molecule has 4 rings (SSSR count). The van der Waals surface area contributed by atoms with Crippen LogP contribution in [0.2, 0.25) is 0 Å². The molecular weight excluding hydrogens is 396 g/mol. The molecule has 0 saturated heterocycles. The number of fused-ring (bicyclic) bond motifs is 1. The number of hydrogen-bond acceptors (Lipinski definition) is 2. The summed E-state index contributed by atoms with van der Waals surface area (Å²) in [5.41, 5.74) is 0.773. The molecular formula is C20H11F6N3. The molecule has 148 valence electrons. The molecule has 2 aromatic carbocycles. The molecule has 0 radical (unpaired) electrons. The predicted octanol–water partition coefficient (Wildman–Crippen LogP) is 6.13. The van der Waals surface area contributed by atoms with Gasteiger partial charge in [-0.05, 0) is 48.0 Å². The lowest BCUT2D eigenvalue weighted by molar-refractivity contribution is -0.138. The topological polar surface area (TPSA) is 30.7 Å². The van der Waals surface area contributed by atoms with Gasteiger partial charge in [0, 0.05) is 17.4 Å². The SMILES string of the molecule is FC(F)(F)c1ccc(-c2ccnc3c2ncn3-c2ccc(C(F)(F)F)cc2)cc1. The van der Waals surface area contributed by atoms with E-state index in [-0.39, 0.29) is 0 Å². The molecule has 9 heteroatoms. The van der Waals surface area contributed by atoms with E-state index in [4.69, 9.17) is 0 Å². The van der Waals surface area contributed by atoms with E-state index in [0.717, 1.165) is 24.3 Å². The van der Waals surface area contributed by atoms with Gasteiger partial charge in [-0.15, -0.1) is 0 Å². The monoisotopic (exact) mass is 407 g/mol. The number of alkyl halides is 6. The third-order valence-corrected chi connectivity index (χ3v) is 4.43. The van der Waals surface area contributed by atoms with Crippen molar-refractivity contribution in [1.82, 2.24) is 14.5 Å². The van der Waals surface area contributed by atoms with Gasteiger partial charge in [0.15, 0.2) is 5.65 Å². The fourth-order valence-corrected chi connectivity index (χ4v) is 2.99. The van der Waals surface area contributed by atoms with Crippen molar-refractivity contribution in [2.75, 3.05) is 0 Å². The highest BCUT2D eigenvalue weighted by Crippen LogP contribution is 2.33. The summed E-state index contributed by atoms with van der Waals surface area (Å²) in [6.07, 6.45) is -5.99. The molecule has 3 nitrogen and oxygen atoms in total. The van der Waals surface area contributed by atoms with E-state index in [1.54, 1.807) is 6.07 Å². The van der Waals surface area contributed by atoms with Gasteiger partial charge in [-0.25, -0.2) is 9.97 Å². The van der Waals surface area contributed by atoms with Crippen LogP contribution in [0, 0.1) is 0 Å². The summed E-state index contributed by atoms with van der Waals surface area (Å²) in [4.78, 5) is 8.50. The van der Waals surface area contributed by atoms with E-state index in [0.29, 0.717) is 28.0 Å². The number of aromatic nitrogens is 3. The maximum absolute atomic E-state index is 12.8. The zero-order valence-electron chi connectivity index (χ0n) is 14.5. The summed E-state index contributed by atoms with van der Waals surface area (Å²) < 4.78 is 78.1. The van der Waals surface area contributed by atoms with Gasteiger partial charge in [-0.1, -0.05) is 12.1 Å². The summed E-state index contributed by atoms with van der Waals surface area (Å²) in [5.74, 6) is 0. The maximum Gasteiger partial charge on any atom is 0.416 e. The van der Waals surface area contributed by atoms with Crippen molar-refractivity contribution in [2.24, 2.45) is 0 Å². The normalized spacial score (nSPS) is 12.5. The van der Waals surface area contributed by atoms with E-state index in [1.807, 2.05) is 0 Å². The van der Waals surface area contributed by atoms with E-state index >= 15 is 0 Å². The van der Waals surface area contributed by atoms with Gasteiger partial charge in [0.1, 0.15) is 11.8 Å². The smallest absolute Gasteiger partial charge is 0.283 e. The van der Waals surface area contributed by atoms with E-state index in [2.05, 4.69) is 9.97 Å². The first-order chi connectivity index (χ1) is 13.6. The first-order valence-electron chi connectivity index (χ1n) is 8.32. The van der Waals surface area contributed by atoms with Crippen molar-refractivity contribution in [2.45, 2.75) is 12.4 Å². The molecule has 0 fully saturated rings. The van der Waals surface area contributed by atoms with Crippen LogP contribution in [0.5, 0.6) is 0 Å². The Balaban J connectivity index is 1.76. The molecule has 0 bridgehead atoms. The Kier molecular flexibility index (Phi) is 4.33. The van der Waals surface area contributed by atoms with Crippen LogP contribution in [-0.4, -0.2) is 14.5 Å². The number of halogens is 6. The number of imidazole rings is 1. The van der Waals surface area contributed by atoms with E-state index in [1.165, 1.54) is 41.4 Å². The molecule has 4 aromatic rings. The zero-order chi connectivity index (χ0) is 20.8. The minimum absolute atomic E-state index is 0.377. The molecule has 0 atom stereocenters. The van der Waals surface area contributed by atoms with Crippen LogP contribution in [0.3, 0.4) is 0 Å². The standard InChI is InChI=1S/C20H11F6N3/c21-19(22,23)13-3-1-12(2-4-13)16-9-10-27-18-17(16)28-11-29(18)15-7-5-14(6-8-15)20(24,25)26/h1-11H. The van der Waals surface area contributed by atoms with Gasteiger partial charge in [0.25, 0.3) is 0 Å². The summed E-state index contributed by atoms with van der Waals surface area (Å²) in [6.45, 7) is 0. The molecule has 0 spiro atoms.